The van der Waals surface area contributed by atoms with Crippen molar-refractivity contribution in [3.63, 3.8) is 0 Å². The number of nitrogens with zero attached hydrogens (tertiary/aromatic N) is 3. The van der Waals surface area contributed by atoms with Crippen molar-refractivity contribution >= 4 is 21.8 Å². The predicted octanol–water partition coefficient (Wildman–Crippen LogP) is 2.60. The lowest BCUT2D eigenvalue weighted by molar-refractivity contribution is 0.135. The lowest BCUT2D eigenvalue weighted by Gasteiger charge is -2.40. The molecule has 0 bridgehead atoms. The highest BCUT2D eigenvalue weighted by atomic mass is 32.2. The van der Waals surface area contributed by atoms with Gasteiger partial charge in [0.05, 0.1) is 11.9 Å². The number of fused-ring (bicyclic) bond motifs is 1. The van der Waals surface area contributed by atoms with Crippen molar-refractivity contribution in [2.24, 2.45) is 0 Å². The predicted molar refractivity (Wildman–Crippen MR) is 96.9 cm³/mol. The summed E-state index contributed by atoms with van der Waals surface area (Å²) in [7, 11) is -3.64. The summed E-state index contributed by atoms with van der Waals surface area (Å²) in [4.78, 5) is 14.3. The summed E-state index contributed by atoms with van der Waals surface area (Å²) in [5.74, 6) is 0.279. The number of hydrogen-bond acceptors (Lipinski definition) is 6. The maximum absolute atomic E-state index is 12.8. The molecule has 0 radical (unpaired) electrons. The minimum absolute atomic E-state index is 0.0968. The number of benzene rings is 1. The quantitative estimate of drug-likeness (QED) is 0.798. The highest BCUT2D eigenvalue weighted by molar-refractivity contribution is 7.89. The first-order chi connectivity index (χ1) is 12.9. The van der Waals surface area contributed by atoms with E-state index in [0.717, 1.165) is 16.8 Å². The summed E-state index contributed by atoms with van der Waals surface area (Å²) in [5, 5.41) is 3.57. The van der Waals surface area contributed by atoms with Crippen LogP contribution < -0.4 is 4.90 Å². The first-order valence-corrected chi connectivity index (χ1v) is 10.3. The molecule has 1 saturated heterocycles. The second-order valence-electron chi connectivity index (χ2n) is 6.89. The average Bonchev–Trinajstić information content (AvgIpc) is 3.09. The molecule has 4 rings (SSSR count). The Morgan fingerprint density at radius 1 is 1.19 bits per heavy atom. The van der Waals surface area contributed by atoms with Crippen LogP contribution >= 0.6 is 0 Å². The number of sulfonamides is 1. The molecule has 27 heavy (non-hydrogen) atoms. The van der Waals surface area contributed by atoms with Gasteiger partial charge in [0.25, 0.3) is 0 Å². The van der Waals surface area contributed by atoms with Gasteiger partial charge < -0.3 is 9.26 Å². The highest BCUT2D eigenvalue weighted by Gasteiger charge is 2.38. The Labute approximate surface area is 157 Å². The third-order valence-electron chi connectivity index (χ3n) is 5.22. The van der Waals surface area contributed by atoms with Gasteiger partial charge in [0, 0.05) is 24.7 Å². The molecule has 0 N–H and O–H groups in total. The molecule has 144 valence electrons. The molecule has 2 aromatic rings. The Morgan fingerprint density at radius 2 is 1.93 bits per heavy atom. The zero-order valence-electron chi connectivity index (χ0n) is 15.2. The minimum Gasteiger partial charge on any atom is -0.444 e. The standard InChI is InChI=1S/C18H21N3O5S/c1-12-4-3-5-14-11-25-18(22)21(17(12)14)15-6-8-20(9-7-15)27(23,24)16-10-19-26-13(16)2/h3-5,10,15H,6-9,11H2,1-2H3. The van der Waals surface area contributed by atoms with Gasteiger partial charge in [0.2, 0.25) is 10.0 Å². The van der Waals surface area contributed by atoms with Gasteiger partial charge in [0.15, 0.2) is 5.76 Å². The van der Waals surface area contributed by atoms with E-state index in [1.807, 2.05) is 25.1 Å². The van der Waals surface area contributed by atoms with Crippen molar-refractivity contribution in [2.45, 2.75) is 44.2 Å². The van der Waals surface area contributed by atoms with Crippen LogP contribution in [-0.4, -0.2) is 43.1 Å². The zero-order chi connectivity index (χ0) is 19.2. The largest absolute Gasteiger partial charge is 0.444 e. The average molecular weight is 391 g/mol. The number of para-hydroxylation sites is 1. The SMILES string of the molecule is Cc1cccc2c1N(C1CCN(S(=O)(=O)c3cnoc3C)CC1)C(=O)OC2. The third kappa shape index (κ3) is 3.00. The minimum atomic E-state index is -3.64. The van der Waals surface area contributed by atoms with Crippen molar-refractivity contribution in [1.29, 1.82) is 0 Å². The van der Waals surface area contributed by atoms with Crippen molar-refractivity contribution in [1.82, 2.24) is 9.46 Å². The number of carbonyl (C=O) groups is 1. The van der Waals surface area contributed by atoms with Gasteiger partial charge in [0.1, 0.15) is 11.5 Å². The van der Waals surface area contributed by atoms with E-state index in [1.54, 1.807) is 11.8 Å². The number of aromatic nitrogens is 1. The van der Waals surface area contributed by atoms with E-state index >= 15 is 0 Å². The van der Waals surface area contributed by atoms with Gasteiger partial charge >= 0.3 is 6.09 Å². The molecular formula is C18H21N3O5S. The van der Waals surface area contributed by atoms with Crippen molar-refractivity contribution < 1.29 is 22.5 Å². The summed E-state index contributed by atoms with van der Waals surface area (Å²) in [6, 6.07) is 5.77. The summed E-state index contributed by atoms with van der Waals surface area (Å²) in [6.45, 7) is 4.46. The van der Waals surface area contributed by atoms with Crippen LogP contribution in [0.15, 0.2) is 33.8 Å². The van der Waals surface area contributed by atoms with Crippen LogP contribution in [0.5, 0.6) is 0 Å². The van der Waals surface area contributed by atoms with E-state index in [2.05, 4.69) is 5.16 Å². The molecule has 3 heterocycles. The van der Waals surface area contributed by atoms with Crippen LogP contribution in [0, 0.1) is 13.8 Å². The molecule has 9 heteroatoms. The van der Waals surface area contributed by atoms with Crippen molar-refractivity contribution in [2.75, 3.05) is 18.0 Å². The molecule has 0 atom stereocenters. The van der Waals surface area contributed by atoms with Crippen LogP contribution in [0.2, 0.25) is 0 Å². The molecule has 1 fully saturated rings. The van der Waals surface area contributed by atoms with E-state index in [-0.39, 0.29) is 29.4 Å². The van der Waals surface area contributed by atoms with Crippen LogP contribution in [0.3, 0.4) is 0 Å². The van der Waals surface area contributed by atoms with Crippen LogP contribution in [0.4, 0.5) is 10.5 Å². The third-order valence-corrected chi connectivity index (χ3v) is 7.22. The lowest BCUT2D eigenvalue weighted by atomic mass is 10.00. The van der Waals surface area contributed by atoms with Crippen LogP contribution in [-0.2, 0) is 21.4 Å². The molecule has 2 aliphatic rings. The number of cyclic esters (lactones) is 1. The number of aryl methyl sites for hydroxylation is 2. The molecule has 2 aliphatic heterocycles. The lowest BCUT2D eigenvalue weighted by Crippen LogP contribution is -2.50. The Hall–Kier alpha value is -2.39. The Kier molecular flexibility index (Phi) is 4.43. The normalized spacial score (nSPS) is 19.0. The number of carbonyl (C=O) groups excluding carboxylic acids is 1. The number of rotatable bonds is 3. The fourth-order valence-corrected chi connectivity index (χ4v) is 5.38. The summed E-state index contributed by atoms with van der Waals surface area (Å²) < 4.78 is 37.2. The van der Waals surface area contributed by atoms with Gasteiger partial charge in [-0.1, -0.05) is 23.4 Å². The van der Waals surface area contributed by atoms with Gasteiger partial charge in [-0.15, -0.1) is 0 Å². The van der Waals surface area contributed by atoms with Crippen LogP contribution in [0.25, 0.3) is 0 Å². The molecule has 1 amide bonds. The summed E-state index contributed by atoms with van der Waals surface area (Å²) >= 11 is 0. The monoisotopic (exact) mass is 391 g/mol. The number of hydrogen-bond donors (Lipinski definition) is 0. The maximum atomic E-state index is 12.8. The van der Waals surface area contributed by atoms with Crippen molar-refractivity contribution in [3.8, 4) is 0 Å². The first kappa shape index (κ1) is 18.0. The molecule has 0 saturated carbocycles. The Balaban J connectivity index is 1.55. The molecule has 8 nitrogen and oxygen atoms in total. The smallest absolute Gasteiger partial charge is 0.414 e. The highest BCUT2D eigenvalue weighted by Crippen LogP contribution is 2.35. The van der Waals surface area contributed by atoms with Gasteiger partial charge in [-0.05, 0) is 32.3 Å². The number of piperidine rings is 1. The van der Waals surface area contributed by atoms with E-state index in [0.29, 0.717) is 25.9 Å². The molecule has 0 unspecified atom stereocenters. The zero-order valence-corrected chi connectivity index (χ0v) is 16.0. The molecule has 1 aromatic carbocycles. The number of anilines is 1. The first-order valence-electron chi connectivity index (χ1n) is 8.85. The second kappa shape index (κ2) is 6.65. The molecular weight excluding hydrogens is 370 g/mol. The Morgan fingerprint density at radius 3 is 2.59 bits per heavy atom. The number of amides is 1. The van der Waals surface area contributed by atoms with E-state index in [4.69, 9.17) is 9.26 Å². The van der Waals surface area contributed by atoms with E-state index in [1.165, 1.54) is 10.5 Å². The summed E-state index contributed by atoms with van der Waals surface area (Å²) in [5.41, 5.74) is 2.88. The van der Waals surface area contributed by atoms with Gasteiger partial charge in [-0.2, -0.15) is 4.31 Å². The molecule has 1 aromatic heterocycles. The second-order valence-corrected chi connectivity index (χ2v) is 8.80. The fourth-order valence-electron chi connectivity index (χ4n) is 3.83. The van der Waals surface area contributed by atoms with Gasteiger partial charge in [-0.3, -0.25) is 4.90 Å². The van der Waals surface area contributed by atoms with Gasteiger partial charge in [-0.25, -0.2) is 13.2 Å². The maximum Gasteiger partial charge on any atom is 0.414 e. The Bertz CT molecular complexity index is 977. The van der Waals surface area contributed by atoms with Crippen molar-refractivity contribution in [3.05, 3.63) is 41.3 Å². The number of ether oxygens (including phenoxy) is 1. The summed E-state index contributed by atoms with van der Waals surface area (Å²) in [6.07, 6.45) is 1.94. The van der Waals surface area contributed by atoms with E-state index in [9.17, 15) is 13.2 Å². The molecule has 0 spiro atoms. The fraction of sp³-hybridized carbons (Fsp3) is 0.444. The topological polar surface area (TPSA) is 93.0 Å². The van der Waals surface area contributed by atoms with Crippen LogP contribution in [0.1, 0.15) is 29.7 Å². The molecule has 0 aliphatic carbocycles. The van der Waals surface area contributed by atoms with E-state index < -0.39 is 10.0 Å².